The fraction of sp³-hybridized carbons (Fsp3) is 0. The number of rotatable bonds is 0. The number of hydrogen-bond acceptors (Lipinski definition) is 2. The Balaban J connectivity index is 0.000000980. The molecule has 2 aliphatic heterocycles. The smallest absolute Gasteiger partial charge is 0.0658 e. The van der Waals surface area contributed by atoms with Gasteiger partial charge in [0.2, 0.25) is 0 Å². The van der Waals surface area contributed by atoms with E-state index in [-0.39, 0.29) is 38.1 Å². The average molecular weight is 462 g/mol. The molecule has 0 radical (unpaired) electrons. The topological polar surface area (TPSA) is 57.4 Å². The van der Waals surface area contributed by atoms with Crippen LogP contribution in [0.4, 0.5) is 0 Å². The van der Waals surface area contributed by atoms with Crippen LogP contribution < -0.4 is 0 Å². The third-order valence-corrected chi connectivity index (χ3v) is 4.04. The van der Waals surface area contributed by atoms with Crippen LogP contribution in [0.25, 0.3) is 46.4 Å². The number of nitrogens with one attached hydrogen (secondary N) is 2. The summed E-state index contributed by atoms with van der Waals surface area (Å²) in [6.45, 7) is 0. The molecular formula is C20H14FeMoN4. The van der Waals surface area contributed by atoms with E-state index in [4.69, 9.17) is 0 Å². The van der Waals surface area contributed by atoms with Crippen molar-refractivity contribution in [3.63, 3.8) is 0 Å². The van der Waals surface area contributed by atoms with Crippen LogP contribution in [0.2, 0.25) is 0 Å². The Labute approximate surface area is 175 Å². The normalized spacial score (nSPS) is 11.7. The van der Waals surface area contributed by atoms with Crippen molar-refractivity contribution in [2.45, 2.75) is 0 Å². The number of aromatic nitrogens is 4. The quantitative estimate of drug-likeness (QED) is 0.330. The van der Waals surface area contributed by atoms with Gasteiger partial charge in [-0.1, -0.05) is 0 Å². The van der Waals surface area contributed by atoms with Gasteiger partial charge in [-0.3, -0.25) is 0 Å². The van der Waals surface area contributed by atoms with Gasteiger partial charge >= 0.3 is 0 Å². The van der Waals surface area contributed by atoms with E-state index in [2.05, 4.69) is 44.2 Å². The molecule has 0 amide bonds. The third-order valence-electron chi connectivity index (χ3n) is 4.04. The van der Waals surface area contributed by atoms with Gasteiger partial charge in [0.05, 0.1) is 22.8 Å². The van der Waals surface area contributed by atoms with Crippen LogP contribution in [0, 0.1) is 0 Å². The zero-order valence-corrected chi connectivity index (χ0v) is 16.7. The molecule has 5 heterocycles. The van der Waals surface area contributed by atoms with Gasteiger partial charge in [0.15, 0.2) is 0 Å². The van der Waals surface area contributed by atoms with Crippen LogP contribution in [-0.2, 0) is 38.1 Å². The molecule has 3 aromatic heterocycles. The predicted octanol–water partition coefficient (Wildman–Crippen LogP) is 4.65. The summed E-state index contributed by atoms with van der Waals surface area (Å²) in [4.78, 5) is 16.0. The zero-order chi connectivity index (χ0) is 15.9. The molecule has 8 bridgehead atoms. The summed E-state index contributed by atoms with van der Waals surface area (Å²) < 4.78 is 0. The van der Waals surface area contributed by atoms with Gasteiger partial charge in [-0.25, -0.2) is 9.97 Å². The molecule has 3 aromatic rings. The second kappa shape index (κ2) is 7.59. The number of hydrogen-bond donors (Lipinski definition) is 2. The molecule has 0 atom stereocenters. The van der Waals surface area contributed by atoms with Crippen molar-refractivity contribution in [2.75, 3.05) is 0 Å². The van der Waals surface area contributed by atoms with Crippen LogP contribution in [0.1, 0.15) is 22.8 Å². The summed E-state index contributed by atoms with van der Waals surface area (Å²) in [5, 5.41) is 0. The molecule has 2 N–H and O–H groups in total. The number of fused-ring (bicyclic) bond motifs is 8. The fourth-order valence-corrected chi connectivity index (χ4v) is 2.94. The van der Waals surface area contributed by atoms with Crippen molar-refractivity contribution in [3.8, 4) is 0 Å². The summed E-state index contributed by atoms with van der Waals surface area (Å²) >= 11 is 0. The molecule has 26 heavy (non-hydrogen) atoms. The van der Waals surface area contributed by atoms with Gasteiger partial charge < -0.3 is 9.97 Å². The maximum Gasteiger partial charge on any atom is 0.0658 e. The van der Waals surface area contributed by atoms with E-state index in [0.29, 0.717) is 0 Å². The molecule has 5 rings (SSSR count). The molecule has 0 fully saturated rings. The van der Waals surface area contributed by atoms with E-state index in [1.54, 1.807) is 0 Å². The van der Waals surface area contributed by atoms with E-state index in [1.165, 1.54) is 0 Å². The van der Waals surface area contributed by atoms with Crippen molar-refractivity contribution in [1.82, 2.24) is 19.9 Å². The molecule has 128 valence electrons. The molecule has 0 unspecified atom stereocenters. The van der Waals surface area contributed by atoms with Gasteiger partial charge in [0.1, 0.15) is 0 Å². The Hall–Kier alpha value is -2.19. The van der Waals surface area contributed by atoms with Crippen molar-refractivity contribution in [3.05, 3.63) is 71.3 Å². The number of aromatic amines is 2. The molecule has 0 saturated heterocycles. The van der Waals surface area contributed by atoms with Crippen molar-refractivity contribution >= 4 is 46.4 Å². The third kappa shape index (κ3) is 3.81. The maximum absolute atomic E-state index is 4.63. The van der Waals surface area contributed by atoms with Crippen LogP contribution in [0.15, 0.2) is 48.5 Å². The molecular weight excluding hydrogens is 448 g/mol. The standard InChI is InChI=1S/C20H14N4.Fe.Mo/c1-2-14-10-16-5-6-18(23-16)12-20-8-7-19(24-20)11-17-4-3-15(22-17)9-13(1)21-14;;/h1-12,21,24H;;. The maximum atomic E-state index is 4.63. The Morgan fingerprint density at radius 3 is 1.04 bits per heavy atom. The van der Waals surface area contributed by atoms with Crippen LogP contribution in [0.3, 0.4) is 0 Å². The van der Waals surface area contributed by atoms with Gasteiger partial charge in [-0.05, 0) is 72.8 Å². The Bertz CT molecular complexity index is 996. The fourth-order valence-electron chi connectivity index (χ4n) is 2.94. The molecule has 6 heteroatoms. The van der Waals surface area contributed by atoms with Gasteiger partial charge in [0.25, 0.3) is 0 Å². The Kier molecular flexibility index (Phi) is 5.43. The van der Waals surface area contributed by atoms with Gasteiger partial charge in [-0.2, -0.15) is 0 Å². The Morgan fingerprint density at radius 1 is 0.500 bits per heavy atom. The van der Waals surface area contributed by atoms with Crippen molar-refractivity contribution < 1.29 is 38.1 Å². The summed E-state index contributed by atoms with van der Waals surface area (Å²) in [7, 11) is 0. The van der Waals surface area contributed by atoms with E-state index in [9.17, 15) is 0 Å². The molecule has 0 saturated carbocycles. The molecule has 0 aliphatic carbocycles. The van der Waals surface area contributed by atoms with Crippen molar-refractivity contribution in [2.24, 2.45) is 0 Å². The first kappa shape index (κ1) is 18.6. The SMILES string of the molecule is C1=Cc2cc3ccc(cc4nc(cc5ccc(cc1n2)[nH]5)C=C4)[nH]3.[Fe].[Mo]. The van der Waals surface area contributed by atoms with Crippen molar-refractivity contribution in [1.29, 1.82) is 0 Å². The minimum absolute atomic E-state index is 0. The second-order valence-corrected chi connectivity index (χ2v) is 5.91. The predicted molar refractivity (Wildman–Crippen MR) is 98.9 cm³/mol. The molecule has 0 aromatic carbocycles. The molecule has 4 nitrogen and oxygen atoms in total. The van der Waals surface area contributed by atoms with Crippen LogP contribution >= 0.6 is 0 Å². The summed E-state index contributed by atoms with van der Waals surface area (Å²) in [5.74, 6) is 0. The van der Waals surface area contributed by atoms with E-state index >= 15 is 0 Å². The monoisotopic (exact) mass is 464 g/mol. The molecule has 0 spiro atoms. The van der Waals surface area contributed by atoms with E-state index in [0.717, 1.165) is 44.8 Å². The number of nitrogens with zero attached hydrogens (tertiary/aromatic N) is 2. The second-order valence-electron chi connectivity index (χ2n) is 5.91. The van der Waals surface area contributed by atoms with Crippen LogP contribution in [0.5, 0.6) is 0 Å². The first-order valence-electron chi connectivity index (χ1n) is 7.85. The first-order valence-corrected chi connectivity index (χ1v) is 7.85. The summed E-state index contributed by atoms with van der Waals surface area (Å²) in [6.07, 6.45) is 8.09. The van der Waals surface area contributed by atoms with E-state index in [1.807, 2.05) is 48.6 Å². The largest absolute Gasteiger partial charge is 0.355 e. The van der Waals surface area contributed by atoms with Gasteiger partial charge in [-0.15, -0.1) is 0 Å². The minimum atomic E-state index is 0. The van der Waals surface area contributed by atoms with Crippen LogP contribution in [-0.4, -0.2) is 19.9 Å². The summed E-state index contributed by atoms with van der Waals surface area (Å²) in [5.41, 5.74) is 7.86. The Morgan fingerprint density at radius 2 is 0.769 bits per heavy atom. The average Bonchev–Trinajstić information content (AvgIpc) is 3.32. The summed E-state index contributed by atoms with van der Waals surface area (Å²) in [6, 6.07) is 16.4. The number of H-pyrrole nitrogens is 2. The first-order chi connectivity index (χ1) is 11.8. The minimum Gasteiger partial charge on any atom is -0.355 e. The van der Waals surface area contributed by atoms with E-state index < -0.39 is 0 Å². The molecule has 2 aliphatic rings. The zero-order valence-electron chi connectivity index (χ0n) is 13.6. The van der Waals surface area contributed by atoms with Gasteiger partial charge in [0, 0.05) is 60.2 Å².